The highest BCUT2D eigenvalue weighted by atomic mass is 16.5. The maximum Gasteiger partial charge on any atom is 0.311 e. The van der Waals surface area contributed by atoms with Gasteiger partial charge in [-0.05, 0) is 54.0 Å². The minimum absolute atomic E-state index is 0.233. The van der Waals surface area contributed by atoms with E-state index in [1.54, 1.807) is 62.8 Å². The van der Waals surface area contributed by atoms with Gasteiger partial charge in [-0.15, -0.1) is 0 Å². The topological polar surface area (TPSA) is 68.6 Å². The van der Waals surface area contributed by atoms with E-state index in [9.17, 15) is 10.1 Å². The summed E-state index contributed by atoms with van der Waals surface area (Å²) in [5, 5.41) is 9.53. The van der Waals surface area contributed by atoms with Crippen molar-refractivity contribution in [2.45, 2.75) is 26.2 Å². The molecule has 0 saturated heterocycles. The fourth-order valence-electron chi connectivity index (χ4n) is 2.49. The van der Waals surface area contributed by atoms with E-state index in [4.69, 9.17) is 14.2 Å². The maximum atomic E-state index is 11.7. The number of esters is 1. The summed E-state index contributed by atoms with van der Waals surface area (Å²) in [4.78, 5) is 11.7. The van der Waals surface area contributed by atoms with Crippen molar-refractivity contribution < 1.29 is 19.0 Å². The molecule has 0 radical (unpaired) electrons. The summed E-state index contributed by atoms with van der Waals surface area (Å²) in [6, 6.07) is 14.6. The normalized spacial score (nSPS) is 10.8. The highest BCUT2D eigenvalue weighted by Gasteiger charge is 2.09. The number of nitrogens with zero attached hydrogens (tertiary/aromatic N) is 1. The molecular formula is C22H23NO4. The molecule has 140 valence electrons. The number of rotatable bonds is 8. The molecule has 0 amide bonds. The zero-order chi connectivity index (χ0) is 19.6. The van der Waals surface area contributed by atoms with Crippen LogP contribution in [0.15, 0.2) is 42.5 Å². The molecule has 0 saturated carbocycles. The number of ether oxygens (including phenoxy) is 3. The Kier molecular flexibility index (Phi) is 7.45. The molecule has 5 nitrogen and oxygen atoms in total. The van der Waals surface area contributed by atoms with E-state index in [1.807, 2.05) is 6.92 Å². The molecule has 0 aliphatic carbocycles. The molecule has 0 fully saturated rings. The van der Waals surface area contributed by atoms with Crippen molar-refractivity contribution in [1.82, 2.24) is 0 Å². The van der Waals surface area contributed by atoms with Gasteiger partial charge < -0.3 is 14.2 Å². The summed E-state index contributed by atoms with van der Waals surface area (Å²) in [6.07, 6.45) is 3.95. The van der Waals surface area contributed by atoms with Crippen LogP contribution in [0.4, 0.5) is 0 Å². The van der Waals surface area contributed by atoms with Gasteiger partial charge in [-0.25, -0.2) is 0 Å². The number of nitriles is 1. The van der Waals surface area contributed by atoms with Gasteiger partial charge in [0, 0.05) is 6.42 Å². The van der Waals surface area contributed by atoms with E-state index in [0.29, 0.717) is 29.2 Å². The molecule has 0 bridgehead atoms. The summed E-state index contributed by atoms with van der Waals surface area (Å²) < 4.78 is 15.8. The zero-order valence-corrected chi connectivity index (χ0v) is 15.8. The van der Waals surface area contributed by atoms with Crippen LogP contribution in [-0.4, -0.2) is 20.2 Å². The molecule has 0 heterocycles. The Morgan fingerprint density at radius 2 is 1.78 bits per heavy atom. The Morgan fingerprint density at radius 3 is 2.37 bits per heavy atom. The molecular weight excluding hydrogens is 342 g/mol. The number of unbranched alkanes of at least 4 members (excludes halogenated alkanes) is 1. The number of allylic oxidation sites excluding steroid dienone is 1. The van der Waals surface area contributed by atoms with E-state index < -0.39 is 0 Å². The second-order valence-electron chi connectivity index (χ2n) is 5.89. The molecule has 5 heteroatoms. The molecule has 0 N–H and O–H groups in total. The first-order valence-corrected chi connectivity index (χ1v) is 8.76. The largest absolute Gasteiger partial charge is 0.493 e. The second kappa shape index (κ2) is 10.0. The number of hydrogen-bond donors (Lipinski definition) is 0. The molecule has 0 atom stereocenters. The van der Waals surface area contributed by atoms with Crippen LogP contribution in [0.5, 0.6) is 17.2 Å². The van der Waals surface area contributed by atoms with Gasteiger partial charge >= 0.3 is 5.97 Å². The number of carbonyl (C=O) groups is 1. The van der Waals surface area contributed by atoms with Gasteiger partial charge in [-0.3, -0.25) is 4.79 Å². The molecule has 2 aromatic carbocycles. The summed E-state index contributed by atoms with van der Waals surface area (Å²) in [7, 11) is 3.12. The number of methoxy groups -OCH3 is 2. The van der Waals surface area contributed by atoms with Crippen LogP contribution >= 0.6 is 0 Å². The first-order valence-electron chi connectivity index (χ1n) is 8.76. The highest BCUT2D eigenvalue weighted by Crippen LogP contribution is 2.31. The number of hydrogen-bond acceptors (Lipinski definition) is 5. The predicted molar refractivity (Wildman–Crippen MR) is 105 cm³/mol. The van der Waals surface area contributed by atoms with Crippen molar-refractivity contribution in [2.75, 3.05) is 14.2 Å². The monoisotopic (exact) mass is 365 g/mol. The first-order chi connectivity index (χ1) is 13.1. The molecule has 0 unspecified atom stereocenters. The Labute approximate surface area is 159 Å². The second-order valence-corrected chi connectivity index (χ2v) is 5.89. The zero-order valence-electron chi connectivity index (χ0n) is 15.8. The van der Waals surface area contributed by atoms with Gasteiger partial charge in [0.15, 0.2) is 11.5 Å². The first kappa shape index (κ1) is 20.1. The SMILES string of the molecule is CCCCC(=O)Oc1ccc(/C=C(/C#N)c2ccc(OC)c(OC)c2)cc1. The Balaban J connectivity index is 2.18. The van der Waals surface area contributed by atoms with Crippen molar-refractivity contribution in [2.24, 2.45) is 0 Å². The summed E-state index contributed by atoms with van der Waals surface area (Å²) in [6.45, 7) is 2.03. The average Bonchev–Trinajstić information content (AvgIpc) is 2.71. The van der Waals surface area contributed by atoms with E-state index >= 15 is 0 Å². The molecule has 0 aromatic heterocycles. The quantitative estimate of drug-likeness (QED) is 0.289. The predicted octanol–water partition coefficient (Wildman–Crippen LogP) is 4.86. The molecule has 2 rings (SSSR count). The van der Waals surface area contributed by atoms with Crippen molar-refractivity contribution >= 4 is 17.6 Å². The van der Waals surface area contributed by atoms with Gasteiger partial charge in [0.2, 0.25) is 0 Å². The van der Waals surface area contributed by atoms with Gasteiger partial charge in [0.05, 0.1) is 25.9 Å². The maximum absolute atomic E-state index is 11.7. The lowest BCUT2D eigenvalue weighted by Gasteiger charge is -2.09. The fourth-order valence-corrected chi connectivity index (χ4v) is 2.49. The number of carbonyl (C=O) groups excluding carboxylic acids is 1. The summed E-state index contributed by atoms with van der Waals surface area (Å²) >= 11 is 0. The third-order valence-corrected chi connectivity index (χ3v) is 3.97. The third kappa shape index (κ3) is 5.61. The molecule has 27 heavy (non-hydrogen) atoms. The van der Waals surface area contributed by atoms with Crippen LogP contribution < -0.4 is 14.2 Å². The van der Waals surface area contributed by atoms with Crippen LogP contribution in [0.2, 0.25) is 0 Å². The minimum Gasteiger partial charge on any atom is -0.493 e. The average molecular weight is 365 g/mol. The molecule has 0 spiro atoms. The summed E-state index contributed by atoms with van der Waals surface area (Å²) in [5.41, 5.74) is 2.04. The Hall–Kier alpha value is -3.26. The van der Waals surface area contributed by atoms with Gasteiger partial charge in [0.1, 0.15) is 5.75 Å². The van der Waals surface area contributed by atoms with Crippen LogP contribution in [0.3, 0.4) is 0 Å². The van der Waals surface area contributed by atoms with Gasteiger partial charge in [0.25, 0.3) is 0 Å². The Morgan fingerprint density at radius 1 is 1.07 bits per heavy atom. The van der Waals surface area contributed by atoms with Crippen LogP contribution in [-0.2, 0) is 4.79 Å². The van der Waals surface area contributed by atoms with Gasteiger partial charge in [-0.1, -0.05) is 25.5 Å². The standard InChI is InChI=1S/C22H23NO4/c1-4-5-6-22(24)27-19-10-7-16(8-11-19)13-18(15-23)17-9-12-20(25-2)21(14-17)26-3/h7-14H,4-6H2,1-3H3/b18-13-. The third-order valence-electron chi connectivity index (χ3n) is 3.97. The highest BCUT2D eigenvalue weighted by molar-refractivity contribution is 5.90. The lowest BCUT2D eigenvalue weighted by molar-refractivity contribution is -0.134. The Bertz CT molecular complexity index is 848. The van der Waals surface area contributed by atoms with Crippen LogP contribution in [0.1, 0.15) is 37.3 Å². The van der Waals surface area contributed by atoms with E-state index in [2.05, 4.69) is 6.07 Å². The van der Waals surface area contributed by atoms with Crippen molar-refractivity contribution in [3.63, 3.8) is 0 Å². The van der Waals surface area contributed by atoms with Crippen molar-refractivity contribution in [1.29, 1.82) is 5.26 Å². The van der Waals surface area contributed by atoms with Gasteiger partial charge in [-0.2, -0.15) is 5.26 Å². The number of benzene rings is 2. The van der Waals surface area contributed by atoms with E-state index in [-0.39, 0.29) is 5.97 Å². The lowest BCUT2D eigenvalue weighted by atomic mass is 10.0. The molecule has 2 aromatic rings. The van der Waals surface area contributed by atoms with Crippen LogP contribution in [0, 0.1) is 11.3 Å². The fraction of sp³-hybridized carbons (Fsp3) is 0.273. The lowest BCUT2D eigenvalue weighted by Crippen LogP contribution is -2.07. The van der Waals surface area contributed by atoms with Crippen molar-refractivity contribution in [3.05, 3.63) is 53.6 Å². The van der Waals surface area contributed by atoms with E-state index in [0.717, 1.165) is 24.0 Å². The van der Waals surface area contributed by atoms with Crippen molar-refractivity contribution in [3.8, 4) is 23.3 Å². The summed E-state index contributed by atoms with van der Waals surface area (Å²) in [5.74, 6) is 1.43. The smallest absolute Gasteiger partial charge is 0.311 e. The minimum atomic E-state index is -0.233. The molecule has 0 aliphatic rings. The van der Waals surface area contributed by atoms with Crippen LogP contribution in [0.25, 0.3) is 11.6 Å². The van der Waals surface area contributed by atoms with E-state index in [1.165, 1.54) is 0 Å². The molecule has 0 aliphatic heterocycles.